The molecule has 3 aromatic carbocycles. The van der Waals surface area contributed by atoms with Crippen LogP contribution >= 0.6 is 39.1 Å². The maximum absolute atomic E-state index is 13.1. The van der Waals surface area contributed by atoms with Crippen LogP contribution in [0.3, 0.4) is 0 Å². The molecule has 1 heterocycles. The zero-order chi connectivity index (χ0) is 24.2. The molecule has 0 saturated heterocycles. The first-order chi connectivity index (χ1) is 16.4. The highest BCUT2D eigenvalue weighted by molar-refractivity contribution is 9.10. The third kappa shape index (κ3) is 5.30. The first kappa shape index (κ1) is 24.3. The number of hydrogen-bond acceptors (Lipinski definition) is 4. The molecule has 0 radical (unpaired) electrons. The fourth-order valence-corrected chi connectivity index (χ4v) is 4.17. The Balaban J connectivity index is 1.61. The molecule has 0 N–H and O–H groups in total. The summed E-state index contributed by atoms with van der Waals surface area (Å²) in [6.07, 6.45) is 1.81. The van der Waals surface area contributed by atoms with Crippen LogP contribution in [-0.2, 0) is 11.4 Å². The molecule has 0 spiro atoms. The van der Waals surface area contributed by atoms with Crippen molar-refractivity contribution in [2.45, 2.75) is 20.5 Å². The van der Waals surface area contributed by atoms with Crippen molar-refractivity contribution in [1.29, 1.82) is 0 Å². The van der Waals surface area contributed by atoms with Crippen molar-refractivity contribution in [3.8, 4) is 11.5 Å². The third-order valence-corrected chi connectivity index (χ3v) is 6.53. The average Bonchev–Trinajstić information content (AvgIpc) is 3.11. The van der Waals surface area contributed by atoms with E-state index in [2.05, 4.69) is 21.0 Å². The number of ether oxygens (including phenoxy) is 2. The lowest BCUT2D eigenvalue weighted by Crippen LogP contribution is -2.21. The number of para-hydroxylation sites is 1. The number of rotatable bonds is 7. The summed E-state index contributed by atoms with van der Waals surface area (Å²) >= 11 is 15.7. The highest BCUT2D eigenvalue weighted by atomic mass is 79.9. The maximum Gasteiger partial charge on any atom is 0.280 e. The average molecular weight is 560 g/mol. The normalized spacial score (nSPS) is 14.5. The van der Waals surface area contributed by atoms with Gasteiger partial charge in [0.1, 0.15) is 6.61 Å². The third-order valence-electron chi connectivity index (χ3n) is 5.10. The minimum atomic E-state index is -0.187. The first-order valence-corrected chi connectivity index (χ1v) is 12.1. The number of hydrazone groups is 1. The Labute approximate surface area is 216 Å². The molecule has 1 aliphatic heterocycles. The lowest BCUT2D eigenvalue weighted by atomic mass is 10.1. The van der Waals surface area contributed by atoms with Gasteiger partial charge >= 0.3 is 0 Å². The Morgan fingerprint density at radius 3 is 2.44 bits per heavy atom. The minimum absolute atomic E-state index is 0.187. The molecule has 1 aliphatic rings. The molecule has 0 aromatic heterocycles. The molecule has 4 rings (SSSR count). The summed E-state index contributed by atoms with van der Waals surface area (Å²) in [6.45, 7) is 4.47. The summed E-state index contributed by atoms with van der Waals surface area (Å²) < 4.78 is 12.6. The van der Waals surface area contributed by atoms with Crippen molar-refractivity contribution in [3.63, 3.8) is 0 Å². The largest absolute Gasteiger partial charge is 0.490 e. The molecule has 1 amide bonds. The second-order valence-corrected chi connectivity index (χ2v) is 9.16. The van der Waals surface area contributed by atoms with E-state index in [1.807, 2.05) is 62.4 Å². The minimum Gasteiger partial charge on any atom is -0.490 e. The van der Waals surface area contributed by atoms with Gasteiger partial charge in [0.25, 0.3) is 5.91 Å². The number of amides is 1. The van der Waals surface area contributed by atoms with Crippen LogP contribution < -0.4 is 14.5 Å². The van der Waals surface area contributed by atoms with E-state index < -0.39 is 0 Å². The van der Waals surface area contributed by atoms with E-state index in [0.717, 1.165) is 21.3 Å². The van der Waals surface area contributed by atoms with E-state index in [1.54, 1.807) is 18.2 Å². The molecule has 8 heteroatoms. The second-order valence-electron chi connectivity index (χ2n) is 7.49. The van der Waals surface area contributed by atoms with E-state index in [4.69, 9.17) is 32.7 Å². The van der Waals surface area contributed by atoms with E-state index >= 15 is 0 Å². The number of anilines is 1. The van der Waals surface area contributed by atoms with Crippen LogP contribution in [0.15, 0.2) is 75.8 Å². The standard InChI is InChI=1S/C26H21BrCl2N2O3/c1-3-33-24-13-18(12-20-16(2)30-31(26(20)32)19-7-5-4-6-8-19)21(27)14-25(24)34-15-17-9-10-22(28)23(29)11-17/h4-14H,3,15H2,1-2H3/b20-12+. The Morgan fingerprint density at radius 1 is 1.00 bits per heavy atom. The molecular formula is C26H21BrCl2N2O3. The van der Waals surface area contributed by atoms with Crippen LogP contribution in [0.2, 0.25) is 10.0 Å². The van der Waals surface area contributed by atoms with Gasteiger partial charge in [0.05, 0.1) is 33.6 Å². The molecular weight excluding hydrogens is 539 g/mol. The van der Waals surface area contributed by atoms with E-state index in [0.29, 0.717) is 46.0 Å². The molecule has 0 unspecified atom stereocenters. The topological polar surface area (TPSA) is 51.1 Å². The van der Waals surface area contributed by atoms with Gasteiger partial charge in [-0.25, -0.2) is 0 Å². The van der Waals surface area contributed by atoms with Gasteiger partial charge in [0.2, 0.25) is 0 Å². The Morgan fingerprint density at radius 2 is 1.74 bits per heavy atom. The molecule has 0 aliphatic carbocycles. The van der Waals surface area contributed by atoms with E-state index in [1.165, 1.54) is 5.01 Å². The molecule has 5 nitrogen and oxygen atoms in total. The van der Waals surface area contributed by atoms with Gasteiger partial charge in [0.15, 0.2) is 11.5 Å². The summed E-state index contributed by atoms with van der Waals surface area (Å²) in [4.78, 5) is 13.1. The second kappa shape index (κ2) is 10.6. The van der Waals surface area contributed by atoms with E-state index in [9.17, 15) is 4.79 Å². The van der Waals surface area contributed by atoms with Crippen LogP contribution in [-0.4, -0.2) is 18.2 Å². The molecule has 0 fully saturated rings. The Hall–Kier alpha value is -2.80. The van der Waals surface area contributed by atoms with Crippen LogP contribution in [0.25, 0.3) is 6.08 Å². The van der Waals surface area contributed by atoms with Crippen LogP contribution in [0.5, 0.6) is 11.5 Å². The van der Waals surface area contributed by atoms with Gasteiger partial charge in [-0.15, -0.1) is 0 Å². The van der Waals surface area contributed by atoms with Crippen LogP contribution in [0.4, 0.5) is 5.69 Å². The summed E-state index contributed by atoms with van der Waals surface area (Å²) in [7, 11) is 0. The summed E-state index contributed by atoms with van der Waals surface area (Å²) in [5.74, 6) is 0.946. The Kier molecular flexibility index (Phi) is 7.61. The molecule has 34 heavy (non-hydrogen) atoms. The summed E-state index contributed by atoms with van der Waals surface area (Å²) in [5.41, 5.74) is 3.52. The van der Waals surface area contributed by atoms with Gasteiger partial charge in [-0.3, -0.25) is 4.79 Å². The zero-order valence-electron chi connectivity index (χ0n) is 18.5. The smallest absolute Gasteiger partial charge is 0.280 e. The monoisotopic (exact) mass is 558 g/mol. The summed E-state index contributed by atoms with van der Waals surface area (Å²) in [6, 6.07) is 18.4. The number of carbonyl (C=O) groups is 1. The van der Waals surface area contributed by atoms with Crippen LogP contribution in [0, 0.1) is 0 Å². The number of benzene rings is 3. The quantitative estimate of drug-likeness (QED) is 0.281. The Bertz CT molecular complexity index is 1290. The first-order valence-electron chi connectivity index (χ1n) is 10.6. The van der Waals surface area contributed by atoms with Gasteiger partial charge in [-0.2, -0.15) is 10.1 Å². The van der Waals surface area contributed by atoms with Gasteiger partial charge in [0, 0.05) is 4.47 Å². The number of halogens is 3. The molecule has 174 valence electrons. The summed E-state index contributed by atoms with van der Waals surface area (Å²) in [5, 5.41) is 6.81. The predicted molar refractivity (Wildman–Crippen MR) is 141 cm³/mol. The van der Waals surface area contributed by atoms with Crippen molar-refractivity contribution in [2.75, 3.05) is 11.6 Å². The van der Waals surface area contributed by atoms with Crippen molar-refractivity contribution in [3.05, 3.63) is 91.9 Å². The lowest BCUT2D eigenvalue weighted by Gasteiger charge is -2.15. The van der Waals surface area contributed by atoms with Gasteiger partial charge < -0.3 is 9.47 Å². The SMILES string of the molecule is CCOc1cc(/C=C2/C(=O)N(c3ccccc3)N=C2C)c(Br)cc1OCc1ccc(Cl)c(Cl)c1. The molecule has 0 bridgehead atoms. The van der Waals surface area contributed by atoms with Gasteiger partial charge in [-0.1, -0.05) is 63.4 Å². The molecule has 3 aromatic rings. The lowest BCUT2D eigenvalue weighted by molar-refractivity contribution is -0.114. The van der Waals surface area contributed by atoms with Crippen molar-refractivity contribution < 1.29 is 14.3 Å². The highest BCUT2D eigenvalue weighted by Crippen LogP contribution is 2.36. The zero-order valence-corrected chi connectivity index (χ0v) is 21.6. The van der Waals surface area contributed by atoms with E-state index in [-0.39, 0.29) is 5.91 Å². The maximum atomic E-state index is 13.1. The fourth-order valence-electron chi connectivity index (χ4n) is 3.42. The number of nitrogens with zero attached hydrogens (tertiary/aromatic N) is 2. The van der Waals surface area contributed by atoms with Gasteiger partial charge in [-0.05, 0) is 67.4 Å². The van der Waals surface area contributed by atoms with Crippen LogP contribution in [0.1, 0.15) is 25.0 Å². The fraction of sp³-hybridized carbons (Fsp3) is 0.154. The number of hydrogen-bond donors (Lipinski definition) is 0. The molecule has 0 atom stereocenters. The van der Waals surface area contributed by atoms with Crippen molar-refractivity contribution in [2.24, 2.45) is 5.10 Å². The predicted octanol–water partition coefficient (Wildman–Crippen LogP) is 7.54. The van der Waals surface area contributed by atoms with Crippen molar-refractivity contribution in [1.82, 2.24) is 0 Å². The highest BCUT2D eigenvalue weighted by Gasteiger charge is 2.29. The molecule has 0 saturated carbocycles. The number of carbonyl (C=O) groups excluding carboxylic acids is 1. The van der Waals surface area contributed by atoms with Crippen molar-refractivity contribution >= 4 is 62.5 Å².